The minimum Gasteiger partial charge on any atom is -0.480 e. The van der Waals surface area contributed by atoms with Crippen LogP contribution in [0, 0.1) is 5.92 Å². The summed E-state index contributed by atoms with van der Waals surface area (Å²) in [6.45, 7) is 4.42. The molecule has 2 aliphatic heterocycles. The third-order valence-corrected chi connectivity index (χ3v) is 5.55. The van der Waals surface area contributed by atoms with E-state index in [0.717, 1.165) is 0 Å². The minimum atomic E-state index is -1.12. The summed E-state index contributed by atoms with van der Waals surface area (Å²) >= 11 is 6.16. The summed E-state index contributed by atoms with van der Waals surface area (Å²) in [5.41, 5.74) is -0.788. The standard InChI is InChI=1S/C19H23ClN2O5/c1-12(2)16(23)21-9-7-19(8-10-21)22(15(11-27-19)18(25)26)17(24)13-5-3-4-6-14(13)20/h3-6,12,15H,7-11H2,1-2H3,(H,25,26). The van der Waals surface area contributed by atoms with Crippen LogP contribution in [0.3, 0.4) is 0 Å². The first-order valence-corrected chi connectivity index (χ1v) is 9.38. The van der Waals surface area contributed by atoms with Crippen LogP contribution < -0.4 is 0 Å². The molecule has 0 radical (unpaired) electrons. The first-order valence-electron chi connectivity index (χ1n) is 9.00. The van der Waals surface area contributed by atoms with Gasteiger partial charge in [-0.05, 0) is 12.1 Å². The number of amides is 2. The van der Waals surface area contributed by atoms with E-state index in [9.17, 15) is 19.5 Å². The van der Waals surface area contributed by atoms with Crippen LogP contribution in [-0.2, 0) is 14.3 Å². The van der Waals surface area contributed by atoms with Crippen molar-refractivity contribution < 1.29 is 24.2 Å². The lowest BCUT2D eigenvalue weighted by molar-refractivity contribution is -0.149. The number of piperidine rings is 1. The molecule has 2 amide bonds. The van der Waals surface area contributed by atoms with Crippen molar-refractivity contribution >= 4 is 29.4 Å². The maximum atomic E-state index is 13.2. The Morgan fingerprint density at radius 2 is 1.85 bits per heavy atom. The number of carboxylic acid groups (broad SMARTS) is 1. The van der Waals surface area contributed by atoms with E-state index < -0.39 is 23.6 Å². The highest BCUT2D eigenvalue weighted by Crippen LogP contribution is 2.39. The molecule has 1 spiro atoms. The Morgan fingerprint density at radius 1 is 1.22 bits per heavy atom. The molecule has 27 heavy (non-hydrogen) atoms. The average Bonchev–Trinajstić information content (AvgIpc) is 3.00. The second kappa shape index (κ2) is 7.48. The van der Waals surface area contributed by atoms with Gasteiger partial charge in [0.1, 0.15) is 5.72 Å². The molecule has 0 aromatic heterocycles. The van der Waals surface area contributed by atoms with Gasteiger partial charge in [0.05, 0.1) is 17.2 Å². The molecule has 1 aromatic carbocycles. The Kier molecular flexibility index (Phi) is 5.44. The summed E-state index contributed by atoms with van der Waals surface area (Å²) in [6.07, 6.45) is 0.733. The van der Waals surface area contributed by atoms with E-state index in [-0.39, 0.29) is 29.0 Å². The number of carboxylic acids is 1. The monoisotopic (exact) mass is 394 g/mol. The molecule has 3 rings (SSSR count). The van der Waals surface area contributed by atoms with Gasteiger partial charge >= 0.3 is 5.97 Å². The molecule has 0 bridgehead atoms. The van der Waals surface area contributed by atoms with Gasteiger partial charge in [0.15, 0.2) is 6.04 Å². The Bertz CT molecular complexity index is 758. The zero-order valence-electron chi connectivity index (χ0n) is 15.4. The largest absolute Gasteiger partial charge is 0.480 e. The molecule has 8 heteroatoms. The molecule has 0 aliphatic carbocycles. The van der Waals surface area contributed by atoms with Gasteiger partial charge in [0.25, 0.3) is 5.91 Å². The molecule has 1 unspecified atom stereocenters. The molecule has 2 aliphatic rings. The van der Waals surface area contributed by atoms with Gasteiger partial charge in [-0.3, -0.25) is 14.5 Å². The quantitative estimate of drug-likeness (QED) is 0.849. The predicted molar refractivity (Wildman–Crippen MR) is 98.4 cm³/mol. The van der Waals surface area contributed by atoms with Crippen molar-refractivity contribution in [3.8, 4) is 0 Å². The fourth-order valence-corrected chi connectivity index (χ4v) is 3.98. The number of hydrogen-bond donors (Lipinski definition) is 1. The van der Waals surface area contributed by atoms with Crippen LogP contribution in [0.15, 0.2) is 24.3 Å². The lowest BCUT2D eigenvalue weighted by Crippen LogP contribution is -2.59. The fraction of sp³-hybridized carbons (Fsp3) is 0.526. The maximum absolute atomic E-state index is 13.2. The lowest BCUT2D eigenvalue weighted by Gasteiger charge is -2.44. The zero-order valence-corrected chi connectivity index (χ0v) is 16.1. The summed E-state index contributed by atoms with van der Waals surface area (Å²) in [5, 5.41) is 9.87. The second-order valence-corrected chi connectivity index (χ2v) is 7.65. The molecular weight excluding hydrogens is 372 g/mol. The SMILES string of the molecule is CC(C)C(=O)N1CCC2(CC1)OCC(C(=O)O)N2C(=O)c1ccccc1Cl. The summed E-state index contributed by atoms with van der Waals surface area (Å²) in [7, 11) is 0. The predicted octanol–water partition coefficient (Wildman–Crippen LogP) is 2.24. The van der Waals surface area contributed by atoms with Gasteiger partial charge in [-0.15, -0.1) is 0 Å². The van der Waals surface area contributed by atoms with Gasteiger partial charge in [-0.1, -0.05) is 37.6 Å². The van der Waals surface area contributed by atoms with Crippen LogP contribution in [0.5, 0.6) is 0 Å². The number of aliphatic carboxylic acids is 1. The van der Waals surface area contributed by atoms with E-state index in [2.05, 4.69) is 0 Å². The summed E-state index contributed by atoms with van der Waals surface area (Å²) in [5.74, 6) is -1.65. The zero-order chi connectivity index (χ0) is 19.8. The third kappa shape index (κ3) is 3.53. The minimum absolute atomic E-state index is 0.0432. The van der Waals surface area contributed by atoms with E-state index in [1.807, 2.05) is 13.8 Å². The second-order valence-electron chi connectivity index (χ2n) is 7.25. The Morgan fingerprint density at radius 3 is 2.41 bits per heavy atom. The van der Waals surface area contributed by atoms with Crippen molar-refractivity contribution in [1.29, 1.82) is 0 Å². The molecular formula is C19H23ClN2O5. The summed E-state index contributed by atoms with van der Waals surface area (Å²) < 4.78 is 5.88. The summed E-state index contributed by atoms with van der Waals surface area (Å²) in [4.78, 5) is 40.2. The van der Waals surface area contributed by atoms with Gasteiger partial charge < -0.3 is 14.7 Å². The molecule has 146 valence electrons. The number of halogens is 1. The van der Waals surface area contributed by atoms with E-state index in [1.165, 1.54) is 4.90 Å². The number of hydrogen-bond acceptors (Lipinski definition) is 4. The van der Waals surface area contributed by atoms with Crippen molar-refractivity contribution in [2.75, 3.05) is 19.7 Å². The Hall–Kier alpha value is -2.12. The van der Waals surface area contributed by atoms with Crippen LogP contribution in [0.4, 0.5) is 0 Å². The number of ether oxygens (including phenoxy) is 1. The van der Waals surface area contributed by atoms with Crippen molar-refractivity contribution in [2.45, 2.75) is 38.5 Å². The lowest BCUT2D eigenvalue weighted by atomic mass is 9.96. The topological polar surface area (TPSA) is 87.2 Å². The highest BCUT2D eigenvalue weighted by atomic mass is 35.5. The normalized spacial score (nSPS) is 21.7. The molecule has 2 saturated heterocycles. The number of nitrogens with zero attached hydrogens (tertiary/aromatic N) is 2. The molecule has 0 saturated carbocycles. The number of likely N-dealkylation sites (tertiary alicyclic amines) is 1. The first-order chi connectivity index (χ1) is 12.8. The smallest absolute Gasteiger partial charge is 0.328 e. The van der Waals surface area contributed by atoms with Gasteiger partial charge in [0, 0.05) is 31.8 Å². The first kappa shape index (κ1) is 19.6. The van der Waals surface area contributed by atoms with Crippen LogP contribution in [-0.4, -0.2) is 64.2 Å². The number of carbonyl (C=O) groups excluding carboxylic acids is 2. The van der Waals surface area contributed by atoms with Gasteiger partial charge in [-0.25, -0.2) is 4.79 Å². The molecule has 2 heterocycles. The van der Waals surface area contributed by atoms with Gasteiger partial charge in [-0.2, -0.15) is 0 Å². The number of carbonyl (C=O) groups is 3. The Labute approximate surface area is 162 Å². The maximum Gasteiger partial charge on any atom is 0.328 e. The number of benzene rings is 1. The van der Waals surface area contributed by atoms with E-state index >= 15 is 0 Å². The number of rotatable bonds is 3. The van der Waals surface area contributed by atoms with Crippen molar-refractivity contribution in [3.05, 3.63) is 34.9 Å². The molecule has 1 atom stereocenters. The van der Waals surface area contributed by atoms with Crippen molar-refractivity contribution in [1.82, 2.24) is 9.80 Å². The van der Waals surface area contributed by atoms with Crippen molar-refractivity contribution in [2.24, 2.45) is 5.92 Å². The van der Waals surface area contributed by atoms with E-state index in [0.29, 0.717) is 25.9 Å². The van der Waals surface area contributed by atoms with E-state index in [1.54, 1.807) is 29.2 Å². The molecule has 2 fully saturated rings. The fourth-order valence-electron chi connectivity index (χ4n) is 3.76. The van der Waals surface area contributed by atoms with E-state index in [4.69, 9.17) is 16.3 Å². The highest BCUT2D eigenvalue weighted by molar-refractivity contribution is 6.33. The van der Waals surface area contributed by atoms with Crippen LogP contribution in [0.2, 0.25) is 5.02 Å². The average molecular weight is 395 g/mol. The van der Waals surface area contributed by atoms with Crippen molar-refractivity contribution in [3.63, 3.8) is 0 Å². The molecule has 1 N–H and O–H groups in total. The Balaban J connectivity index is 1.89. The molecule has 7 nitrogen and oxygen atoms in total. The third-order valence-electron chi connectivity index (χ3n) is 5.22. The van der Waals surface area contributed by atoms with Crippen LogP contribution in [0.1, 0.15) is 37.0 Å². The van der Waals surface area contributed by atoms with Gasteiger partial charge in [0.2, 0.25) is 5.91 Å². The highest BCUT2D eigenvalue weighted by Gasteiger charge is 2.54. The van der Waals surface area contributed by atoms with Crippen LogP contribution in [0.25, 0.3) is 0 Å². The molecule has 1 aromatic rings. The van der Waals surface area contributed by atoms with Crippen LogP contribution >= 0.6 is 11.6 Å². The summed E-state index contributed by atoms with van der Waals surface area (Å²) in [6, 6.07) is 5.48.